The van der Waals surface area contributed by atoms with Crippen LogP contribution in [0.25, 0.3) is 0 Å². The molecule has 0 aliphatic carbocycles. The van der Waals surface area contributed by atoms with E-state index in [9.17, 15) is 26.7 Å². The average molecular weight is 593 g/mol. The zero-order valence-corrected chi connectivity index (χ0v) is 23.4. The van der Waals surface area contributed by atoms with Gasteiger partial charge in [-0.3, -0.25) is 8.37 Å². The highest BCUT2D eigenvalue weighted by molar-refractivity contribution is 7.87. The van der Waals surface area contributed by atoms with Crippen molar-refractivity contribution in [3.63, 3.8) is 0 Å². The maximum atomic E-state index is 13.2. The van der Waals surface area contributed by atoms with Gasteiger partial charge in [-0.1, -0.05) is 35.4 Å². The number of hydrogen-bond donors (Lipinski definition) is 1. The molecule has 3 aromatic carbocycles. The Hall–Kier alpha value is -3.33. The van der Waals surface area contributed by atoms with Crippen LogP contribution in [-0.2, 0) is 38.1 Å². The fourth-order valence-electron chi connectivity index (χ4n) is 3.83. The van der Waals surface area contributed by atoms with Crippen LogP contribution in [-0.4, -0.2) is 66.2 Å². The highest BCUT2D eigenvalue weighted by Gasteiger charge is 2.48. The summed E-state index contributed by atoms with van der Waals surface area (Å²) in [6, 6.07) is 17.3. The monoisotopic (exact) mass is 592 g/mol. The molecule has 0 bridgehead atoms. The number of hydrogen-bond acceptors (Lipinski definition) is 11. The second-order valence-electron chi connectivity index (χ2n) is 9.05. The lowest BCUT2D eigenvalue weighted by Crippen LogP contribution is -2.57. The number of ether oxygens (including phenoxy) is 3. The molecular formula is C27H28O11S2. The summed E-state index contributed by atoms with van der Waals surface area (Å²) < 4.78 is 79.0. The quantitative estimate of drug-likeness (QED) is 0.288. The molecule has 1 aliphatic rings. The Bertz CT molecular complexity index is 1530. The van der Waals surface area contributed by atoms with Gasteiger partial charge < -0.3 is 19.3 Å². The number of aryl methyl sites for hydroxylation is 2. The Morgan fingerprint density at radius 2 is 1.27 bits per heavy atom. The number of methoxy groups -OCH3 is 1. The molecule has 4 rings (SSSR count). The van der Waals surface area contributed by atoms with Crippen LogP contribution in [0.15, 0.2) is 82.6 Å². The van der Waals surface area contributed by atoms with Crippen molar-refractivity contribution in [2.24, 2.45) is 0 Å². The van der Waals surface area contributed by atoms with Crippen molar-refractivity contribution in [3.05, 3.63) is 89.5 Å². The molecular weight excluding hydrogens is 564 g/mol. The molecule has 4 unspecified atom stereocenters. The summed E-state index contributed by atoms with van der Waals surface area (Å²) in [4.78, 5) is 12.5. The normalized spacial score (nSPS) is 21.5. The van der Waals surface area contributed by atoms with Gasteiger partial charge in [0.15, 0.2) is 12.4 Å². The van der Waals surface area contributed by atoms with Gasteiger partial charge >= 0.3 is 5.97 Å². The van der Waals surface area contributed by atoms with Crippen molar-refractivity contribution in [2.75, 3.05) is 13.7 Å². The van der Waals surface area contributed by atoms with Crippen LogP contribution in [0, 0.1) is 13.8 Å². The van der Waals surface area contributed by atoms with Crippen molar-refractivity contribution in [3.8, 4) is 5.75 Å². The second kappa shape index (κ2) is 12.0. The molecule has 13 heteroatoms. The van der Waals surface area contributed by atoms with Gasteiger partial charge in [0.05, 0.1) is 29.1 Å². The highest BCUT2D eigenvalue weighted by atomic mass is 32.2. The minimum absolute atomic E-state index is 0.0449. The zero-order valence-electron chi connectivity index (χ0n) is 21.8. The van der Waals surface area contributed by atoms with E-state index in [0.29, 0.717) is 5.75 Å². The molecule has 1 N–H and O–H groups in total. The SMILES string of the molecule is COc1ccc(C(=O)OC2C(O)OCC(OS(=O)(=O)c3ccc(C)cc3)C2OS(=O)(=O)c2ccc(C)cc2)cc1. The average Bonchev–Trinajstić information content (AvgIpc) is 2.92. The molecule has 1 heterocycles. The van der Waals surface area contributed by atoms with E-state index in [0.717, 1.165) is 11.1 Å². The van der Waals surface area contributed by atoms with Crippen LogP contribution in [0.2, 0.25) is 0 Å². The molecule has 0 aromatic heterocycles. The lowest BCUT2D eigenvalue weighted by molar-refractivity contribution is -0.241. The number of aliphatic hydroxyl groups excluding tert-OH is 1. The molecule has 214 valence electrons. The van der Waals surface area contributed by atoms with E-state index >= 15 is 0 Å². The maximum absolute atomic E-state index is 13.2. The fraction of sp³-hybridized carbons (Fsp3) is 0.296. The zero-order chi connectivity index (χ0) is 29.1. The van der Waals surface area contributed by atoms with Gasteiger partial charge in [-0.15, -0.1) is 0 Å². The lowest BCUT2D eigenvalue weighted by Gasteiger charge is -2.38. The number of benzene rings is 3. The van der Waals surface area contributed by atoms with Gasteiger partial charge in [0.2, 0.25) is 0 Å². The Labute approximate surface area is 232 Å². The standard InChI is InChI=1S/C27H28O11S2/c1-17-4-12-21(13-5-17)39(30,31)37-23-16-35-27(29)25(36-26(28)19-8-10-20(34-3)11-9-19)24(23)38-40(32,33)22-14-6-18(2)7-15-22/h4-15,23-25,27,29H,16H2,1-3H3. The minimum atomic E-state index is -4.55. The molecule has 0 spiro atoms. The lowest BCUT2D eigenvalue weighted by atomic mass is 10.1. The van der Waals surface area contributed by atoms with E-state index in [4.69, 9.17) is 22.6 Å². The highest BCUT2D eigenvalue weighted by Crippen LogP contribution is 2.30. The Morgan fingerprint density at radius 3 is 1.77 bits per heavy atom. The predicted octanol–water partition coefficient (Wildman–Crippen LogP) is 2.73. The molecule has 4 atom stereocenters. The summed E-state index contributed by atoms with van der Waals surface area (Å²) in [5.74, 6) is -0.489. The molecule has 1 fully saturated rings. The Balaban J connectivity index is 1.68. The van der Waals surface area contributed by atoms with Crippen LogP contribution in [0.4, 0.5) is 0 Å². The minimum Gasteiger partial charge on any atom is -0.497 e. The number of carbonyl (C=O) groups excluding carboxylic acids is 1. The first-order chi connectivity index (χ1) is 18.9. The molecule has 3 aromatic rings. The molecule has 1 saturated heterocycles. The Morgan fingerprint density at radius 1 is 0.775 bits per heavy atom. The predicted molar refractivity (Wildman–Crippen MR) is 141 cm³/mol. The van der Waals surface area contributed by atoms with Crippen molar-refractivity contribution in [1.29, 1.82) is 0 Å². The third-order valence-electron chi connectivity index (χ3n) is 6.08. The van der Waals surface area contributed by atoms with Crippen molar-refractivity contribution in [2.45, 2.75) is 48.2 Å². The summed E-state index contributed by atoms with van der Waals surface area (Å²) in [5.41, 5.74) is 1.64. The number of carbonyl (C=O) groups is 1. The first kappa shape index (κ1) is 29.6. The van der Waals surface area contributed by atoms with Gasteiger partial charge in [-0.05, 0) is 62.4 Å². The van der Waals surface area contributed by atoms with Crippen LogP contribution in [0.3, 0.4) is 0 Å². The maximum Gasteiger partial charge on any atom is 0.338 e. The van der Waals surface area contributed by atoms with E-state index in [1.165, 1.54) is 55.6 Å². The van der Waals surface area contributed by atoms with Gasteiger partial charge in [0.1, 0.15) is 18.0 Å². The third kappa shape index (κ3) is 6.86. The van der Waals surface area contributed by atoms with Crippen LogP contribution in [0.5, 0.6) is 5.75 Å². The van der Waals surface area contributed by atoms with E-state index < -0.39 is 57.4 Å². The summed E-state index contributed by atoms with van der Waals surface area (Å²) in [7, 11) is -7.56. The third-order valence-corrected chi connectivity index (χ3v) is 8.75. The van der Waals surface area contributed by atoms with Crippen molar-refractivity contribution < 1.29 is 49.3 Å². The Kier molecular flexibility index (Phi) is 8.93. The molecule has 1 aliphatic heterocycles. The van der Waals surface area contributed by atoms with E-state index in [2.05, 4.69) is 0 Å². The van der Waals surface area contributed by atoms with Gasteiger partial charge in [0, 0.05) is 0 Å². The topological polar surface area (TPSA) is 152 Å². The van der Waals surface area contributed by atoms with Gasteiger partial charge in [0.25, 0.3) is 20.2 Å². The fourth-order valence-corrected chi connectivity index (χ4v) is 6.01. The summed E-state index contributed by atoms with van der Waals surface area (Å²) in [6.07, 6.45) is -7.08. The van der Waals surface area contributed by atoms with Crippen LogP contribution >= 0.6 is 0 Å². The number of aliphatic hydroxyl groups is 1. The molecule has 40 heavy (non-hydrogen) atoms. The molecule has 0 saturated carbocycles. The van der Waals surface area contributed by atoms with E-state index in [-0.39, 0.29) is 15.4 Å². The van der Waals surface area contributed by atoms with E-state index in [1.807, 2.05) is 0 Å². The number of esters is 1. The van der Waals surface area contributed by atoms with Crippen molar-refractivity contribution in [1.82, 2.24) is 0 Å². The van der Waals surface area contributed by atoms with Gasteiger partial charge in [-0.2, -0.15) is 16.8 Å². The number of rotatable bonds is 9. The van der Waals surface area contributed by atoms with E-state index in [1.54, 1.807) is 38.1 Å². The van der Waals surface area contributed by atoms with Gasteiger partial charge in [-0.25, -0.2) is 4.79 Å². The summed E-state index contributed by atoms with van der Waals surface area (Å²) in [6.45, 7) is 2.95. The van der Waals surface area contributed by atoms with Crippen molar-refractivity contribution >= 4 is 26.2 Å². The smallest absolute Gasteiger partial charge is 0.338 e. The summed E-state index contributed by atoms with van der Waals surface area (Å²) in [5, 5.41) is 10.6. The van der Waals surface area contributed by atoms with Crippen LogP contribution in [0.1, 0.15) is 21.5 Å². The largest absolute Gasteiger partial charge is 0.497 e. The molecule has 0 amide bonds. The van der Waals surface area contributed by atoms with Crippen LogP contribution < -0.4 is 4.74 Å². The summed E-state index contributed by atoms with van der Waals surface area (Å²) >= 11 is 0. The first-order valence-corrected chi connectivity index (χ1v) is 14.9. The second-order valence-corrected chi connectivity index (χ2v) is 12.2. The molecule has 11 nitrogen and oxygen atoms in total. The first-order valence-electron chi connectivity index (χ1n) is 12.0. The molecule has 0 radical (unpaired) electrons.